The van der Waals surface area contributed by atoms with Gasteiger partial charge in [-0.25, -0.2) is 4.98 Å². The summed E-state index contributed by atoms with van der Waals surface area (Å²) in [5.41, 5.74) is 3.08. The normalized spacial score (nSPS) is 22.4. The Morgan fingerprint density at radius 1 is 1.35 bits per heavy atom. The van der Waals surface area contributed by atoms with Gasteiger partial charge in [-0.2, -0.15) is 0 Å². The van der Waals surface area contributed by atoms with Crippen LogP contribution in [0, 0.1) is 13.8 Å². The fourth-order valence-electron chi connectivity index (χ4n) is 3.18. The summed E-state index contributed by atoms with van der Waals surface area (Å²) in [6.45, 7) is 7.26. The number of ether oxygens (including phenoxy) is 1. The monoisotopic (exact) mass is 332 g/mol. The molecule has 2 aromatic rings. The summed E-state index contributed by atoms with van der Waals surface area (Å²) < 4.78 is 6.04. The Bertz CT molecular complexity index is 658. The zero-order chi connectivity index (χ0) is 16.3. The second kappa shape index (κ2) is 7.09. The number of aliphatic hydroxyl groups excluding tert-OH is 1. The molecule has 124 valence electrons. The van der Waals surface area contributed by atoms with Gasteiger partial charge in [-0.05, 0) is 25.0 Å². The van der Waals surface area contributed by atoms with E-state index in [1.165, 1.54) is 11.1 Å². The van der Waals surface area contributed by atoms with E-state index in [9.17, 15) is 5.11 Å². The summed E-state index contributed by atoms with van der Waals surface area (Å²) in [6, 6.07) is 8.33. The lowest BCUT2D eigenvalue weighted by atomic mass is 9.91. The van der Waals surface area contributed by atoms with Crippen molar-refractivity contribution in [2.75, 3.05) is 26.3 Å². The molecule has 1 atom stereocenters. The topological polar surface area (TPSA) is 45.6 Å². The molecule has 4 nitrogen and oxygen atoms in total. The van der Waals surface area contributed by atoms with Gasteiger partial charge in [0, 0.05) is 31.4 Å². The lowest BCUT2D eigenvalue weighted by Crippen LogP contribution is -2.55. The standard InChI is InChI=1S/C18H24N2O2S/c1-14-5-3-4-6-16(14)9-18(13-21)12-20(7-8-22-18)10-17-11-23-15(2)19-17/h3-6,11,21H,7-10,12-13H2,1-2H3. The Balaban J connectivity index is 1.72. The average Bonchev–Trinajstić information content (AvgIpc) is 2.95. The van der Waals surface area contributed by atoms with Gasteiger partial charge in [0.15, 0.2) is 0 Å². The highest BCUT2D eigenvalue weighted by atomic mass is 32.1. The number of aryl methyl sites for hydroxylation is 2. The summed E-state index contributed by atoms with van der Waals surface area (Å²) in [6.07, 6.45) is 0.739. The number of rotatable bonds is 5. The number of nitrogens with zero attached hydrogens (tertiary/aromatic N) is 2. The lowest BCUT2D eigenvalue weighted by Gasteiger charge is -2.42. The molecule has 0 spiro atoms. The van der Waals surface area contributed by atoms with E-state index in [2.05, 4.69) is 34.3 Å². The van der Waals surface area contributed by atoms with Crippen molar-refractivity contribution in [3.8, 4) is 0 Å². The van der Waals surface area contributed by atoms with Crippen LogP contribution in [0.5, 0.6) is 0 Å². The Labute approximate surface area is 141 Å². The quantitative estimate of drug-likeness (QED) is 0.914. The number of hydrogen-bond acceptors (Lipinski definition) is 5. The number of thiazole rings is 1. The SMILES string of the molecule is Cc1nc(CN2CCOC(CO)(Cc3ccccc3C)C2)cs1. The zero-order valence-corrected chi connectivity index (χ0v) is 14.6. The number of morpholine rings is 1. The van der Waals surface area contributed by atoms with Crippen molar-refractivity contribution < 1.29 is 9.84 Å². The molecule has 1 N–H and O–H groups in total. The average molecular weight is 332 g/mol. The van der Waals surface area contributed by atoms with Crippen LogP contribution in [0.25, 0.3) is 0 Å². The fraction of sp³-hybridized carbons (Fsp3) is 0.500. The summed E-state index contributed by atoms with van der Waals surface area (Å²) >= 11 is 1.68. The van der Waals surface area contributed by atoms with E-state index in [1.807, 2.05) is 19.1 Å². The molecule has 23 heavy (non-hydrogen) atoms. The van der Waals surface area contributed by atoms with Gasteiger partial charge in [0.05, 0.1) is 23.9 Å². The highest BCUT2D eigenvalue weighted by molar-refractivity contribution is 7.09. The summed E-state index contributed by atoms with van der Waals surface area (Å²) in [7, 11) is 0. The second-order valence-corrected chi connectivity index (χ2v) is 7.42. The van der Waals surface area contributed by atoms with Crippen LogP contribution in [0.4, 0.5) is 0 Å². The highest BCUT2D eigenvalue weighted by Gasteiger charge is 2.36. The minimum Gasteiger partial charge on any atom is -0.393 e. The maximum Gasteiger partial charge on any atom is 0.108 e. The Morgan fingerprint density at radius 3 is 2.87 bits per heavy atom. The van der Waals surface area contributed by atoms with E-state index < -0.39 is 5.60 Å². The van der Waals surface area contributed by atoms with Gasteiger partial charge in [-0.1, -0.05) is 24.3 Å². The van der Waals surface area contributed by atoms with Gasteiger partial charge >= 0.3 is 0 Å². The third kappa shape index (κ3) is 3.98. The van der Waals surface area contributed by atoms with E-state index in [-0.39, 0.29) is 6.61 Å². The van der Waals surface area contributed by atoms with Crippen molar-refractivity contribution in [1.82, 2.24) is 9.88 Å². The first-order chi connectivity index (χ1) is 11.1. The first-order valence-corrected chi connectivity index (χ1v) is 8.91. The lowest BCUT2D eigenvalue weighted by molar-refractivity contribution is -0.134. The van der Waals surface area contributed by atoms with Crippen LogP contribution in [0.3, 0.4) is 0 Å². The van der Waals surface area contributed by atoms with Crippen LogP contribution in [0.1, 0.15) is 21.8 Å². The van der Waals surface area contributed by atoms with Gasteiger partial charge < -0.3 is 9.84 Å². The molecular formula is C18H24N2O2S. The molecule has 3 rings (SSSR count). The van der Waals surface area contributed by atoms with Crippen LogP contribution in [0.15, 0.2) is 29.6 Å². The van der Waals surface area contributed by atoms with E-state index in [4.69, 9.17) is 4.74 Å². The maximum absolute atomic E-state index is 10.0. The molecule has 1 aliphatic rings. The maximum atomic E-state index is 10.0. The van der Waals surface area contributed by atoms with Gasteiger partial charge in [0.2, 0.25) is 0 Å². The molecule has 0 aliphatic carbocycles. The molecule has 1 aromatic carbocycles. The Morgan fingerprint density at radius 2 is 2.17 bits per heavy atom. The molecule has 0 radical (unpaired) electrons. The first-order valence-electron chi connectivity index (χ1n) is 8.03. The predicted molar refractivity (Wildman–Crippen MR) is 92.8 cm³/mol. The number of aliphatic hydroxyl groups is 1. The van der Waals surface area contributed by atoms with Crippen LogP contribution in [-0.4, -0.2) is 46.9 Å². The van der Waals surface area contributed by atoms with Crippen LogP contribution >= 0.6 is 11.3 Å². The molecule has 2 heterocycles. The molecule has 1 aliphatic heterocycles. The van der Waals surface area contributed by atoms with Gasteiger partial charge in [0.25, 0.3) is 0 Å². The van der Waals surface area contributed by atoms with Crippen molar-refractivity contribution in [2.45, 2.75) is 32.4 Å². The Hall–Kier alpha value is -1.27. The van der Waals surface area contributed by atoms with Crippen molar-refractivity contribution in [1.29, 1.82) is 0 Å². The summed E-state index contributed by atoms with van der Waals surface area (Å²) in [5, 5.41) is 13.2. The van der Waals surface area contributed by atoms with Crippen LogP contribution < -0.4 is 0 Å². The minimum atomic E-state index is -0.518. The molecule has 0 saturated carbocycles. The molecule has 0 bridgehead atoms. The van der Waals surface area contributed by atoms with Crippen molar-refractivity contribution in [3.05, 3.63) is 51.5 Å². The molecular weight excluding hydrogens is 308 g/mol. The third-order valence-corrected chi connectivity index (χ3v) is 5.26. The van der Waals surface area contributed by atoms with E-state index in [0.29, 0.717) is 6.61 Å². The highest BCUT2D eigenvalue weighted by Crippen LogP contribution is 2.25. The van der Waals surface area contributed by atoms with Crippen molar-refractivity contribution in [3.63, 3.8) is 0 Å². The van der Waals surface area contributed by atoms with E-state index >= 15 is 0 Å². The second-order valence-electron chi connectivity index (χ2n) is 6.36. The molecule has 1 saturated heterocycles. The third-order valence-electron chi connectivity index (χ3n) is 4.44. The number of aromatic nitrogens is 1. The largest absolute Gasteiger partial charge is 0.393 e. The first kappa shape index (κ1) is 16.6. The van der Waals surface area contributed by atoms with Gasteiger partial charge in [0.1, 0.15) is 5.60 Å². The molecule has 1 unspecified atom stereocenters. The van der Waals surface area contributed by atoms with Gasteiger partial charge in [-0.15, -0.1) is 11.3 Å². The molecule has 0 amide bonds. The van der Waals surface area contributed by atoms with E-state index in [0.717, 1.165) is 36.8 Å². The van der Waals surface area contributed by atoms with Gasteiger partial charge in [-0.3, -0.25) is 4.90 Å². The Kier molecular flexibility index (Phi) is 5.11. The summed E-state index contributed by atoms with van der Waals surface area (Å²) in [5.74, 6) is 0. The van der Waals surface area contributed by atoms with Crippen LogP contribution in [-0.2, 0) is 17.7 Å². The molecule has 1 fully saturated rings. The molecule has 5 heteroatoms. The fourth-order valence-corrected chi connectivity index (χ4v) is 3.79. The summed E-state index contributed by atoms with van der Waals surface area (Å²) in [4.78, 5) is 6.89. The van der Waals surface area contributed by atoms with Crippen molar-refractivity contribution >= 4 is 11.3 Å². The predicted octanol–water partition coefficient (Wildman–Crippen LogP) is 2.57. The number of benzene rings is 1. The smallest absolute Gasteiger partial charge is 0.108 e. The molecule has 1 aromatic heterocycles. The minimum absolute atomic E-state index is 0.0356. The van der Waals surface area contributed by atoms with E-state index in [1.54, 1.807) is 11.3 Å². The zero-order valence-electron chi connectivity index (χ0n) is 13.8. The van der Waals surface area contributed by atoms with Crippen molar-refractivity contribution in [2.24, 2.45) is 0 Å². The number of hydrogen-bond donors (Lipinski definition) is 1. The van der Waals surface area contributed by atoms with Crippen LogP contribution in [0.2, 0.25) is 0 Å².